The Hall–Kier alpha value is -2.81. The summed E-state index contributed by atoms with van der Waals surface area (Å²) < 4.78 is 67.5. The normalized spacial score (nSPS) is 21.4. The quantitative estimate of drug-likeness (QED) is 0.318. The molecule has 1 aliphatic carbocycles. The SMILES string of the molecule is CCn1cc(S(=O)(=O)N2CCC3(CC2)C[C@@H](NCC(O)COc2cccc(S(=O)(=O)C4CC4)c2)CO3)c(=O)c2ccc(C)cc21. The monoisotopic (exact) mass is 659 g/mol. The van der Waals surface area contributed by atoms with E-state index in [1.54, 1.807) is 24.3 Å². The molecule has 0 bridgehead atoms. The Kier molecular flexibility index (Phi) is 8.87. The number of piperidine rings is 1. The molecule has 1 aromatic heterocycles. The average Bonchev–Trinajstić information content (AvgIpc) is 3.82. The molecule has 3 fully saturated rings. The molecule has 6 rings (SSSR count). The van der Waals surface area contributed by atoms with Gasteiger partial charge in [-0.2, -0.15) is 4.31 Å². The zero-order chi connectivity index (χ0) is 32.0. The van der Waals surface area contributed by atoms with Gasteiger partial charge in [-0.1, -0.05) is 12.1 Å². The summed E-state index contributed by atoms with van der Waals surface area (Å²) in [7, 11) is -7.32. The molecule has 0 radical (unpaired) electrons. The molecule has 3 heterocycles. The first-order valence-electron chi connectivity index (χ1n) is 15.6. The van der Waals surface area contributed by atoms with Crippen LogP contribution in [0.3, 0.4) is 0 Å². The first-order valence-corrected chi connectivity index (χ1v) is 18.6. The van der Waals surface area contributed by atoms with Gasteiger partial charge >= 0.3 is 0 Å². The van der Waals surface area contributed by atoms with E-state index in [2.05, 4.69) is 5.32 Å². The molecule has 13 heteroatoms. The third kappa shape index (κ3) is 6.56. The summed E-state index contributed by atoms with van der Waals surface area (Å²) in [6.07, 6.45) is 3.71. The summed E-state index contributed by atoms with van der Waals surface area (Å²) >= 11 is 0. The number of rotatable bonds is 11. The van der Waals surface area contributed by atoms with Gasteiger partial charge in [-0.15, -0.1) is 0 Å². The second-order valence-electron chi connectivity index (χ2n) is 12.5. The van der Waals surface area contributed by atoms with Gasteiger partial charge in [0.05, 0.1) is 27.9 Å². The summed E-state index contributed by atoms with van der Waals surface area (Å²) in [5, 5.41) is 13.9. The van der Waals surface area contributed by atoms with Crippen LogP contribution in [0, 0.1) is 6.92 Å². The maximum absolute atomic E-state index is 13.7. The number of aliphatic hydroxyl groups is 1. The standard InChI is InChI=1S/C32H41N3O8S2/c1-3-34-19-30(31(37)28-10-7-22(2)15-29(28)34)45(40,41)35-13-11-32(12-14-35)17-23(20-43-32)33-18-24(36)21-42-25-5-4-6-27(16-25)44(38,39)26-8-9-26/h4-7,10,15-16,19,23-24,26,33,36H,3,8-9,11-14,17-18,20-21H2,1-2H3/t23-,24?/m1/s1. The molecular weight excluding hydrogens is 618 g/mol. The number of ether oxygens (including phenoxy) is 2. The number of benzene rings is 2. The predicted octanol–water partition coefficient (Wildman–Crippen LogP) is 2.61. The topological polar surface area (TPSA) is 144 Å². The van der Waals surface area contributed by atoms with Crippen LogP contribution in [0.15, 0.2) is 63.2 Å². The molecule has 2 atom stereocenters. The molecule has 244 valence electrons. The number of aromatic nitrogens is 1. The Labute approximate surface area is 264 Å². The van der Waals surface area contributed by atoms with Crippen LogP contribution in [0.2, 0.25) is 0 Å². The first kappa shape index (κ1) is 32.1. The molecule has 3 aromatic rings. The summed E-state index contributed by atoms with van der Waals surface area (Å²) in [5.74, 6) is 0.396. The average molecular weight is 660 g/mol. The molecule has 0 amide bonds. The number of fused-ring (bicyclic) bond motifs is 1. The lowest BCUT2D eigenvalue weighted by Crippen LogP contribution is -2.47. The molecular formula is C32H41N3O8S2. The highest BCUT2D eigenvalue weighted by Gasteiger charge is 2.45. The molecule has 11 nitrogen and oxygen atoms in total. The van der Waals surface area contributed by atoms with Crippen molar-refractivity contribution >= 4 is 30.8 Å². The number of aliphatic hydroxyl groups excluding tert-OH is 1. The van der Waals surface area contributed by atoms with Crippen molar-refractivity contribution in [2.45, 2.75) is 85.3 Å². The minimum atomic E-state index is -4.00. The van der Waals surface area contributed by atoms with E-state index in [0.717, 1.165) is 11.1 Å². The van der Waals surface area contributed by atoms with Gasteiger partial charge in [-0.3, -0.25) is 4.79 Å². The highest BCUT2D eigenvalue weighted by molar-refractivity contribution is 7.92. The third-order valence-electron chi connectivity index (χ3n) is 9.19. The van der Waals surface area contributed by atoms with Crippen LogP contribution in [-0.4, -0.2) is 86.7 Å². The lowest BCUT2D eigenvalue weighted by atomic mass is 9.88. The maximum atomic E-state index is 13.7. The van der Waals surface area contributed by atoms with Crippen molar-refractivity contribution in [3.05, 3.63) is 64.4 Å². The number of nitrogens with zero attached hydrogens (tertiary/aromatic N) is 2. The van der Waals surface area contributed by atoms with Crippen molar-refractivity contribution in [2.75, 3.05) is 32.8 Å². The fourth-order valence-corrected chi connectivity index (χ4v) is 9.62. The van der Waals surface area contributed by atoms with Crippen LogP contribution in [0.5, 0.6) is 5.75 Å². The Morgan fingerprint density at radius 1 is 1.11 bits per heavy atom. The van der Waals surface area contributed by atoms with E-state index in [0.29, 0.717) is 56.4 Å². The van der Waals surface area contributed by atoms with E-state index in [1.807, 2.05) is 30.5 Å². The summed E-state index contributed by atoms with van der Waals surface area (Å²) in [4.78, 5) is 13.4. The van der Waals surface area contributed by atoms with Crippen LogP contribution in [-0.2, 0) is 31.1 Å². The van der Waals surface area contributed by atoms with Gasteiger partial charge in [0.25, 0.3) is 0 Å². The predicted molar refractivity (Wildman–Crippen MR) is 170 cm³/mol. The molecule has 2 aromatic carbocycles. The van der Waals surface area contributed by atoms with Crippen LogP contribution in [0.1, 0.15) is 44.6 Å². The zero-order valence-electron chi connectivity index (χ0n) is 25.6. The van der Waals surface area contributed by atoms with Crippen molar-refractivity contribution in [2.24, 2.45) is 0 Å². The molecule has 1 saturated carbocycles. The Bertz CT molecular complexity index is 1850. The van der Waals surface area contributed by atoms with E-state index in [9.17, 15) is 26.7 Å². The van der Waals surface area contributed by atoms with Crippen LogP contribution >= 0.6 is 0 Å². The van der Waals surface area contributed by atoms with Crippen molar-refractivity contribution in [3.63, 3.8) is 0 Å². The molecule has 45 heavy (non-hydrogen) atoms. The lowest BCUT2D eigenvalue weighted by Gasteiger charge is -2.38. The van der Waals surface area contributed by atoms with Gasteiger partial charge in [0, 0.05) is 43.8 Å². The highest BCUT2D eigenvalue weighted by Crippen LogP contribution is 2.37. The first-order chi connectivity index (χ1) is 21.4. The number of nitrogens with one attached hydrogen (secondary N) is 1. The Balaban J connectivity index is 1.01. The van der Waals surface area contributed by atoms with Crippen molar-refractivity contribution < 1.29 is 31.4 Å². The summed E-state index contributed by atoms with van der Waals surface area (Å²) in [6, 6.07) is 11.8. The van der Waals surface area contributed by atoms with Crippen molar-refractivity contribution in [1.29, 1.82) is 0 Å². The zero-order valence-corrected chi connectivity index (χ0v) is 27.3. The fraction of sp³-hybridized carbons (Fsp3) is 0.531. The number of hydrogen-bond acceptors (Lipinski definition) is 9. The van der Waals surface area contributed by atoms with Gasteiger partial charge in [-0.05, 0) is 81.8 Å². The Morgan fingerprint density at radius 3 is 2.58 bits per heavy atom. The van der Waals surface area contributed by atoms with E-state index in [4.69, 9.17) is 9.47 Å². The van der Waals surface area contributed by atoms with Crippen molar-refractivity contribution in [3.8, 4) is 5.75 Å². The highest BCUT2D eigenvalue weighted by atomic mass is 32.2. The maximum Gasteiger partial charge on any atom is 0.248 e. The number of sulfone groups is 1. The number of aryl methyl sites for hydroxylation is 2. The van der Waals surface area contributed by atoms with E-state index < -0.39 is 37.0 Å². The van der Waals surface area contributed by atoms with Gasteiger partial charge in [-0.25, -0.2) is 16.8 Å². The van der Waals surface area contributed by atoms with Gasteiger partial charge < -0.3 is 24.5 Å². The number of hydrogen-bond donors (Lipinski definition) is 2. The van der Waals surface area contributed by atoms with E-state index in [-0.39, 0.29) is 47.3 Å². The molecule has 1 spiro atoms. The largest absolute Gasteiger partial charge is 0.491 e. The second-order valence-corrected chi connectivity index (χ2v) is 16.7. The minimum absolute atomic E-state index is 0.000415. The van der Waals surface area contributed by atoms with E-state index in [1.165, 1.54) is 16.6 Å². The van der Waals surface area contributed by atoms with Crippen LogP contribution in [0.4, 0.5) is 0 Å². The second kappa shape index (κ2) is 12.4. The summed E-state index contributed by atoms with van der Waals surface area (Å²) in [5.41, 5.74) is 0.776. The lowest BCUT2D eigenvalue weighted by molar-refractivity contribution is -0.0312. The molecule has 3 aliphatic rings. The smallest absolute Gasteiger partial charge is 0.248 e. The van der Waals surface area contributed by atoms with Crippen LogP contribution in [0.25, 0.3) is 10.9 Å². The van der Waals surface area contributed by atoms with Crippen LogP contribution < -0.4 is 15.5 Å². The molecule has 2 saturated heterocycles. The summed E-state index contributed by atoms with van der Waals surface area (Å²) in [6.45, 7) is 5.59. The van der Waals surface area contributed by atoms with E-state index >= 15 is 0 Å². The molecule has 1 unspecified atom stereocenters. The Morgan fingerprint density at radius 2 is 1.87 bits per heavy atom. The van der Waals surface area contributed by atoms with Gasteiger partial charge in [0.2, 0.25) is 15.5 Å². The molecule has 2 aliphatic heterocycles. The third-order valence-corrected chi connectivity index (χ3v) is 13.3. The fourth-order valence-electron chi connectivity index (χ4n) is 6.38. The van der Waals surface area contributed by atoms with Gasteiger partial charge in [0.15, 0.2) is 9.84 Å². The number of sulfonamides is 1. The number of pyridine rings is 1. The van der Waals surface area contributed by atoms with Gasteiger partial charge in [0.1, 0.15) is 23.4 Å². The molecule has 2 N–H and O–H groups in total. The van der Waals surface area contributed by atoms with Crippen molar-refractivity contribution in [1.82, 2.24) is 14.2 Å². The minimum Gasteiger partial charge on any atom is -0.491 e.